The van der Waals surface area contributed by atoms with Crippen LogP contribution in [0.4, 0.5) is 5.69 Å². The Balaban J connectivity index is 2.40. The van der Waals surface area contributed by atoms with Gasteiger partial charge in [0.15, 0.2) is 0 Å². The zero-order chi connectivity index (χ0) is 19.3. The van der Waals surface area contributed by atoms with Crippen molar-refractivity contribution < 1.29 is 27.4 Å². The zero-order valence-electron chi connectivity index (χ0n) is 14.3. The highest BCUT2D eigenvalue weighted by atomic mass is 79.9. The Hall–Kier alpha value is -2.33. The van der Waals surface area contributed by atoms with Crippen LogP contribution in [0, 0.1) is 0 Å². The molecule has 8 nitrogen and oxygen atoms in total. The molecule has 1 heterocycles. The first-order valence-electron chi connectivity index (χ1n) is 7.27. The second-order valence-electron chi connectivity index (χ2n) is 5.04. The lowest BCUT2D eigenvalue weighted by Crippen LogP contribution is -2.15. The fourth-order valence-electron chi connectivity index (χ4n) is 2.09. The van der Waals surface area contributed by atoms with E-state index >= 15 is 0 Å². The number of esters is 1. The third kappa shape index (κ3) is 4.64. The Bertz CT molecular complexity index is 917. The van der Waals surface area contributed by atoms with E-state index in [1.54, 1.807) is 6.07 Å². The number of rotatable bonds is 7. The SMILES string of the molecule is COC(=O)Cc1ccc(OC)c(S(=O)(=O)Nc2ccc(OC)nc2Br)c1. The molecule has 0 atom stereocenters. The zero-order valence-corrected chi connectivity index (χ0v) is 16.7. The summed E-state index contributed by atoms with van der Waals surface area (Å²) in [5, 5.41) is 0. The molecule has 0 aliphatic carbocycles. The van der Waals surface area contributed by atoms with Crippen LogP contribution < -0.4 is 14.2 Å². The van der Waals surface area contributed by atoms with Gasteiger partial charge in [-0.05, 0) is 39.7 Å². The lowest BCUT2D eigenvalue weighted by Gasteiger charge is -2.14. The lowest BCUT2D eigenvalue weighted by atomic mass is 10.1. The highest BCUT2D eigenvalue weighted by Crippen LogP contribution is 2.30. The Morgan fingerprint density at radius 1 is 1.15 bits per heavy atom. The molecule has 0 aliphatic heterocycles. The van der Waals surface area contributed by atoms with Crippen molar-refractivity contribution in [3.8, 4) is 11.6 Å². The molecule has 26 heavy (non-hydrogen) atoms. The van der Waals surface area contributed by atoms with Gasteiger partial charge >= 0.3 is 5.97 Å². The van der Waals surface area contributed by atoms with E-state index in [2.05, 4.69) is 30.4 Å². The van der Waals surface area contributed by atoms with E-state index in [0.29, 0.717) is 11.4 Å². The number of pyridine rings is 1. The Morgan fingerprint density at radius 3 is 2.46 bits per heavy atom. The van der Waals surface area contributed by atoms with E-state index in [-0.39, 0.29) is 27.4 Å². The van der Waals surface area contributed by atoms with Crippen LogP contribution in [-0.2, 0) is 26.0 Å². The van der Waals surface area contributed by atoms with Crippen LogP contribution >= 0.6 is 15.9 Å². The number of aromatic nitrogens is 1. The molecule has 0 fully saturated rings. The summed E-state index contributed by atoms with van der Waals surface area (Å²) in [6.45, 7) is 0. The fourth-order valence-corrected chi connectivity index (χ4v) is 3.91. The summed E-state index contributed by atoms with van der Waals surface area (Å²) in [7, 11) is 0.0770. The van der Waals surface area contributed by atoms with Gasteiger partial charge in [-0.3, -0.25) is 9.52 Å². The molecule has 140 valence electrons. The number of anilines is 1. The average molecular weight is 445 g/mol. The summed E-state index contributed by atoms with van der Waals surface area (Å²) < 4.78 is 43.0. The molecule has 0 amide bonds. The van der Waals surface area contributed by atoms with E-state index in [4.69, 9.17) is 9.47 Å². The van der Waals surface area contributed by atoms with Crippen LogP contribution in [0.25, 0.3) is 0 Å². The first-order chi connectivity index (χ1) is 12.3. The number of sulfonamides is 1. The maximum atomic E-state index is 12.8. The van der Waals surface area contributed by atoms with Crippen molar-refractivity contribution in [2.75, 3.05) is 26.1 Å². The van der Waals surface area contributed by atoms with Crippen molar-refractivity contribution in [2.24, 2.45) is 0 Å². The van der Waals surface area contributed by atoms with Crippen LogP contribution in [0.15, 0.2) is 39.8 Å². The van der Waals surface area contributed by atoms with E-state index in [0.717, 1.165) is 0 Å². The quantitative estimate of drug-likeness (QED) is 0.516. The minimum Gasteiger partial charge on any atom is -0.495 e. The lowest BCUT2D eigenvalue weighted by molar-refractivity contribution is -0.139. The predicted molar refractivity (Wildman–Crippen MR) is 98.0 cm³/mol. The van der Waals surface area contributed by atoms with Gasteiger partial charge in [0, 0.05) is 6.07 Å². The maximum absolute atomic E-state index is 12.8. The normalized spacial score (nSPS) is 10.9. The topological polar surface area (TPSA) is 104 Å². The second-order valence-corrected chi connectivity index (χ2v) is 7.44. The molecule has 1 aromatic carbocycles. The van der Waals surface area contributed by atoms with E-state index in [1.807, 2.05) is 0 Å². The number of carbonyl (C=O) groups excluding carboxylic acids is 1. The molecule has 0 bridgehead atoms. The van der Waals surface area contributed by atoms with Crippen LogP contribution in [-0.4, -0.2) is 40.7 Å². The van der Waals surface area contributed by atoms with Crippen molar-refractivity contribution in [1.82, 2.24) is 4.98 Å². The van der Waals surface area contributed by atoms with E-state index < -0.39 is 16.0 Å². The van der Waals surface area contributed by atoms with E-state index in [9.17, 15) is 13.2 Å². The van der Waals surface area contributed by atoms with Gasteiger partial charge in [-0.25, -0.2) is 13.4 Å². The first-order valence-corrected chi connectivity index (χ1v) is 9.55. The summed E-state index contributed by atoms with van der Waals surface area (Å²) >= 11 is 3.19. The van der Waals surface area contributed by atoms with Gasteiger partial charge in [0.05, 0.1) is 33.4 Å². The average Bonchev–Trinajstić information content (AvgIpc) is 2.63. The molecule has 10 heteroatoms. The molecule has 1 aromatic heterocycles. The van der Waals surface area contributed by atoms with Crippen molar-refractivity contribution in [1.29, 1.82) is 0 Å². The van der Waals surface area contributed by atoms with Gasteiger partial charge in [0.25, 0.3) is 10.0 Å². The monoisotopic (exact) mass is 444 g/mol. The van der Waals surface area contributed by atoms with Crippen LogP contribution in [0.2, 0.25) is 0 Å². The molecule has 2 rings (SSSR count). The fraction of sp³-hybridized carbons (Fsp3) is 0.250. The molecular formula is C16H17BrN2O6S. The molecular weight excluding hydrogens is 428 g/mol. The van der Waals surface area contributed by atoms with Crippen LogP contribution in [0.3, 0.4) is 0 Å². The first kappa shape index (κ1) is 20.0. The summed E-state index contributed by atoms with van der Waals surface area (Å²) in [6, 6.07) is 7.47. The standard InChI is InChI=1S/C16H17BrN2O6S/c1-23-12-6-4-10(9-15(20)25-3)8-13(12)26(21,22)19-11-5-7-14(24-2)18-16(11)17/h4-8,19H,9H2,1-3H3. The molecule has 0 aliphatic rings. The minimum absolute atomic E-state index is 0.0587. The molecule has 1 N–H and O–H groups in total. The Kier molecular flexibility index (Phi) is 6.43. The third-order valence-electron chi connectivity index (χ3n) is 3.37. The molecule has 0 saturated heterocycles. The highest BCUT2D eigenvalue weighted by Gasteiger charge is 2.22. The van der Waals surface area contributed by atoms with Crippen molar-refractivity contribution in [2.45, 2.75) is 11.3 Å². The number of nitrogens with one attached hydrogen (secondary N) is 1. The number of carbonyl (C=O) groups is 1. The van der Waals surface area contributed by atoms with Gasteiger partial charge < -0.3 is 14.2 Å². The smallest absolute Gasteiger partial charge is 0.309 e. The summed E-state index contributed by atoms with van der Waals surface area (Å²) in [6.07, 6.45) is -0.0587. The molecule has 0 saturated carbocycles. The number of methoxy groups -OCH3 is 3. The summed E-state index contributed by atoms with van der Waals surface area (Å²) in [5.74, 6) is -0.00485. The van der Waals surface area contributed by atoms with Gasteiger partial charge in [0.1, 0.15) is 15.2 Å². The molecule has 2 aromatic rings. The predicted octanol–water partition coefficient (Wildman–Crippen LogP) is 2.38. The molecule has 0 radical (unpaired) electrons. The van der Waals surface area contributed by atoms with Gasteiger partial charge in [0.2, 0.25) is 5.88 Å². The second kappa shape index (κ2) is 8.37. The van der Waals surface area contributed by atoms with Gasteiger partial charge in [-0.15, -0.1) is 0 Å². The number of nitrogens with zero attached hydrogens (tertiary/aromatic N) is 1. The number of hydrogen-bond acceptors (Lipinski definition) is 7. The maximum Gasteiger partial charge on any atom is 0.309 e. The van der Waals surface area contributed by atoms with E-state index in [1.165, 1.54) is 45.6 Å². The Labute approximate surface area is 159 Å². The van der Waals surface area contributed by atoms with Crippen molar-refractivity contribution in [3.63, 3.8) is 0 Å². The largest absolute Gasteiger partial charge is 0.495 e. The molecule has 0 spiro atoms. The molecule has 0 unspecified atom stereocenters. The van der Waals surface area contributed by atoms with Gasteiger partial charge in [-0.1, -0.05) is 6.07 Å². The summed E-state index contributed by atoms with van der Waals surface area (Å²) in [5.41, 5.74) is 0.705. The number of ether oxygens (including phenoxy) is 3. The number of halogens is 1. The number of hydrogen-bond donors (Lipinski definition) is 1. The van der Waals surface area contributed by atoms with Crippen molar-refractivity contribution in [3.05, 3.63) is 40.5 Å². The summed E-state index contributed by atoms with van der Waals surface area (Å²) in [4.78, 5) is 15.4. The Morgan fingerprint density at radius 2 is 1.88 bits per heavy atom. The highest BCUT2D eigenvalue weighted by molar-refractivity contribution is 9.10. The van der Waals surface area contributed by atoms with Crippen LogP contribution in [0.1, 0.15) is 5.56 Å². The van der Waals surface area contributed by atoms with Gasteiger partial charge in [-0.2, -0.15) is 0 Å². The number of benzene rings is 1. The third-order valence-corrected chi connectivity index (χ3v) is 5.36. The minimum atomic E-state index is -4.00. The van der Waals surface area contributed by atoms with Crippen molar-refractivity contribution >= 4 is 37.6 Å². The van der Waals surface area contributed by atoms with Crippen LogP contribution in [0.5, 0.6) is 11.6 Å².